The van der Waals surface area contributed by atoms with Gasteiger partial charge in [-0.15, -0.1) is 0 Å². The Balaban J connectivity index is 3.17. The number of carboxylic acid groups (broad SMARTS) is 1. The Morgan fingerprint density at radius 3 is 2.38 bits per heavy atom. The molecule has 0 heterocycles. The highest BCUT2D eigenvalue weighted by molar-refractivity contribution is 6.30. The lowest BCUT2D eigenvalue weighted by Crippen LogP contribution is -2.52. The maximum atomic E-state index is 12.0. The minimum absolute atomic E-state index is 0.155. The molecular formula is C15H20ClNO4. The molecule has 5 nitrogen and oxygen atoms in total. The molecule has 6 heteroatoms. The summed E-state index contributed by atoms with van der Waals surface area (Å²) < 4.78 is 5.15. The van der Waals surface area contributed by atoms with Crippen LogP contribution in [0.15, 0.2) is 24.3 Å². The number of halogens is 1. The van der Waals surface area contributed by atoms with Crippen LogP contribution in [0, 0.1) is 0 Å². The topological polar surface area (TPSA) is 75.6 Å². The monoisotopic (exact) mass is 313 g/mol. The lowest BCUT2D eigenvalue weighted by molar-refractivity contribution is -0.145. The predicted molar refractivity (Wildman–Crippen MR) is 80.4 cm³/mol. The van der Waals surface area contributed by atoms with Crippen molar-refractivity contribution < 1.29 is 19.4 Å². The normalized spacial score (nSPS) is 14.1. The number of aliphatic carboxylic acids is 1. The summed E-state index contributed by atoms with van der Waals surface area (Å²) in [5, 5.41) is 12.5. The third-order valence-corrected chi connectivity index (χ3v) is 3.16. The second kappa shape index (κ2) is 6.35. The molecule has 1 aromatic rings. The van der Waals surface area contributed by atoms with Crippen LogP contribution in [-0.2, 0) is 15.1 Å². The molecule has 0 aliphatic heterocycles. The van der Waals surface area contributed by atoms with Gasteiger partial charge in [0.2, 0.25) is 0 Å². The summed E-state index contributed by atoms with van der Waals surface area (Å²) in [5.41, 5.74) is -1.89. The molecule has 0 saturated carbocycles. The Bertz CT molecular complexity index is 539. The van der Waals surface area contributed by atoms with Crippen LogP contribution in [-0.4, -0.2) is 22.8 Å². The van der Waals surface area contributed by atoms with E-state index in [1.807, 2.05) is 0 Å². The van der Waals surface area contributed by atoms with Crippen LogP contribution in [0.4, 0.5) is 4.79 Å². The number of hydrogen-bond donors (Lipinski definition) is 2. The van der Waals surface area contributed by atoms with Gasteiger partial charge in [-0.1, -0.05) is 30.7 Å². The van der Waals surface area contributed by atoms with Gasteiger partial charge in [-0.05, 0) is 44.9 Å². The summed E-state index contributed by atoms with van der Waals surface area (Å²) in [6.07, 6.45) is -0.631. The van der Waals surface area contributed by atoms with Crippen LogP contribution in [0.2, 0.25) is 5.02 Å². The molecule has 0 radical (unpaired) electrons. The first kappa shape index (κ1) is 17.3. The third-order valence-electron chi connectivity index (χ3n) is 2.93. The largest absolute Gasteiger partial charge is 0.479 e. The van der Waals surface area contributed by atoms with Gasteiger partial charge in [0.1, 0.15) is 5.60 Å². The van der Waals surface area contributed by atoms with Gasteiger partial charge in [0.25, 0.3) is 0 Å². The number of carboxylic acids is 1. The van der Waals surface area contributed by atoms with Crippen LogP contribution in [0.25, 0.3) is 0 Å². The molecule has 0 bridgehead atoms. The number of hydrogen-bond acceptors (Lipinski definition) is 3. The maximum Gasteiger partial charge on any atom is 0.408 e. The Morgan fingerprint density at radius 1 is 1.33 bits per heavy atom. The van der Waals surface area contributed by atoms with E-state index in [0.717, 1.165) is 0 Å². The van der Waals surface area contributed by atoms with Crippen LogP contribution < -0.4 is 5.32 Å². The van der Waals surface area contributed by atoms with E-state index < -0.39 is 23.2 Å². The number of ether oxygens (including phenoxy) is 1. The first-order chi connectivity index (χ1) is 9.60. The Labute approximate surface area is 129 Å². The molecule has 21 heavy (non-hydrogen) atoms. The molecular weight excluding hydrogens is 294 g/mol. The minimum atomic E-state index is -1.58. The third kappa shape index (κ3) is 4.36. The summed E-state index contributed by atoms with van der Waals surface area (Å²) in [5.74, 6) is -1.17. The zero-order valence-electron chi connectivity index (χ0n) is 12.6. The Hall–Kier alpha value is -1.75. The fraction of sp³-hybridized carbons (Fsp3) is 0.467. The molecule has 116 valence electrons. The van der Waals surface area contributed by atoms with E-state index in [1.165, 1.54) is 6.07 Å². The number of nitrogens with one attached hydrogen (secondary N) is 1. The number of carbonyl (C=O) groups excluding carboxylic acids is 1. The van der Waals surface area contributed by atoms with Crippen molar-refractivity contribution in [3.63, 3.8) is 0 Å². The van der Waals surface area contributed by atoms with E-state index in [4.69, 9.17) is 16.3 Å². The fourth-order valence-corrected chi connectivity index (χ4v) is 2.11. The van der Waals surface area contributed by atoms with E-state index >= 15 is 0 Å². The van der Waals surface area contributed by atoms with Crippen LogP contribution in [0.5, 0.6) is 0 Å². The number of carbonyl (C=O) groups is 2. The van der Waals surface area contributed by atoms with Crippen molar-refractivity contribution in [2.24, 2.45) is 0 Å². The van der Waals surface area contributed by atoms with E-state index in [-0.39, 0.29) is 6.42 Å². The van der Waals surface area contributed by atoms with Gasteiger partial charge in [-0.25, -0.2) is 9.59 Å². The second-order valence-electron chi connectivity index (χ2n) is 5.70. The molecule has 0 aliphatic carbocycles. The first-order valence-corrected chi connectivity index (χ1v) is 6.99. The molecule has 0 aromatic heterocycles. The first-order valence-electron chi connectivity index (χ1n) is 6.61. The summed E-state index contributed by atoms with van der Waals surface area (Å²) >= 11 is 5.92. The molecule has 1 amide bonds. The highest BCUT2D eigenvalue weighted by Crippen LogP contribution is 2.28. The van der Waals surface area contributed by atoms with Gasteiger partial charge in [0.05, 0.1) is 0 Å². The van der Waals surface area contributed by atoms with Crippen molar-refractivity contribution in [2.45, 2.75) is 45.3 Å². The van der Waals surface area contributed by atoms with Crippen molar-refractivity contribution in [1.82, 2.24) is 5.32 Å². The molecule has 2 N–H and O–H groups in total. The molecule has 1 unspecified atom stereocenters. The second-order valence-corrected chi connectivity index (χ2v) is 6.14. The van der Waals surface area contributed by atoms with Gasteiger partial charge in [0, 0.05) is 5.02 Å². The van der Waals surface area contributed by atoms with Gasteiger partial charge in [-0.2, -0.15) is 0 Å². The average molecular weight is 314 g/mol. The van der Waals surface area contributed by atoms with Crippen molar-refractivity contribution in [3.8, 4) is 0 Å². The van der Waals surface area contributed by atoms with Crippen molar-refractivity contribution in [1.29, 1.82) is 0 Å². The standard InChI is InChI=1S/C15H20ClNO4/c1-5-15(12(18)19,10-7-6-8-11(16)9-10)17-13(20)21-14(2,3)4/h6-9H,5H2,1-4H3,(H,17,20)(H,18,19). The molecule has 0 saturated heterocycles. The molecule has 1 rings (SSSR count). The smallest absolute Gasteiger partial charge is 0.408 e. The lowest BCUT2D eigenvalue weighted by Gasteiger charge is -2.31. The zero-order chi connectivity index (χ0) is 16.3. The summed E-state index contributed by atoms with van der Waals surface area (Å²) in [7, 11) is 0. The predicted octanol–water partition coefficient (Wildman–Crippen LogP) is 3.55. The number of benzene rings is 1. The molecule has 0 spiro atoms. The Kier molecular flexibility index (Phi) is 5.23. The quantitative estimate of drug-likeness (QED) is 0.891. The van der Waals surface area contributed by atoms with Crippen molar-refractivity contribution >= 4 is 23.7 Å². The van der Waals surface area contributed by atoms with Gasteiger partial charge >= 0.3 is 12.1 Å². The van der Waals surface area contributed by atoms with E-state index in [0.29, 0.717) is 10.6 Å². The van der Waals surface area contributed by atoms with E-state index in [9.17, 15) is 14.7 Å². The molecule has 0 aliphatic rings. The molecule has 0 fully saturated rings. The maximum absolute atomic E-state index is 12.0. The van der Waals surface area contributed by atoms with Crippen molar-refractivity contribution in [3.05, 3.63) is 34.9 Å². The van der Waals surface area contributed by atoms with Gasteiger partial charge in [-0.3, -0.25) is 0 Å². The molecule has 1 atom stereocenters. The number of rotatable bonds is 4. The minimum Gasteiger partial charge on any atom is -0.479 e. The SMILES string of the molecule is CCC(NC(=O)OC(C)(C)C)(C(=O)O)c1cccc(Cl)c1. The summed E-state index contributed by atoms with van der Waals surface area (Å²) in [6.45, 7) is 6.80. The highest BCUT2D eigenvalue weighted by Gasteiger charge is 2.41. The number of alkyl carbamates (subject to hydrolysis) is 1. The van der Waals surface area contributed by atoms with E-state index in [1.54, 1.807) is 45.9 Å². The summed E-state index contributed by atoms with van der Waals surface area (Å²) in [4.78, 5) is 23.7. The molecule has 1 aromatic carbocycles. The highest BCUT2D eigenvalue weighted by atomic mass is 35.5. The Morgan fingerprint density at radius 2 is 1.95 bits per heavy atom. The lowest BCUT2D eigenvalue weighted by atomic mass is 9.87. The van der Waals surface area contributed by atoms with Crippen molar-refractivity contribution in [2.75, 3.05) is 0 Å². The van der Waals surface area contributed by atoms with Crippen LogP contribution in [0.1, 0.15) is 39.7 Å². The van der Waals surface area contributed by atoms with Crippen LogP contribution in [0.3, 0.4) is 0 Å². The van der Waals surface area contributed by atoms with Crippen LogP contribution >= 0.6 is 11.6 Å². The van der Waals surface area contributed by atoms with Gasteiger partial charge < -0.3 is 15.2 Å². The van der Waals surface area contributed by atoms with E-state index in [2.05, 4.69) is 5.32 Å². The fourth-order valence-electron chi connectivity index (χ4n) is 1.92. The average Bonchev–Trinajstić information content (AvgIpc) is 2.33. The summed E-state index contributed by atoms with van der Waals surface area (Å²) in [6, 6.07) is 6.42. The zero-order valence-corrected chi connectivity index (χ0v) is 13.3. The van der Waals surface area contributed by atoms with Gasteiger partial charge in [0.15, 0.2) is 5.54 Å². The number of amides is 1.